The van der Waals surface area contributed by atoms with E-state index < -0.39 is 30.2 Å². The standard InChI is InChI=1S/C22H26F2N2O3/c1-15(2)12-25-22(28)16(3)26(13-17-8-4-5-9-18(17)23)21(27)14-29-20-11-7-6-10-19(20)24/h4-11,15-16H,12-14H2,1-3H3,(H,25,28)/t16-/m1/s1. The lowest BCUT2D eigenvalue weighted by molar-refractivity contribution is -0.142. The van der Waals surface area contributed by atoms with Crippen molar-refractivity contribution in [1.82, 2.24) is 10.2 Å². The summed E-state index contributed by atoms with van der Waals surface area (Å²) in [5.41, 5.74) is 0.273. The van der Waals surface area contributed by atoms with Crippen molar-refractivity contribution in [2.75, 3.05) is 13.2 Å². The fourth-order valence-electron chi connectivity index (χ4n) is 2.63. The third-order valence-electron chi connectivity index (χ3n) is 4.34. The van der Waals surface area contributed by atoms with Crippen molar-refractivity contribution in [3.8, 4) is 5.75 Å². The maximum atomic E-state index is 14.1. The third-order valence-corrected chi connectivity index (χ3v) is 4.34. The molecule has 1 N–H and O–H groups in total. The monoisotopic (exact) mass is 404 g/mol. The minimum absolute atomic E-state index is 0.0661. The highest BCUT2D eigenvalue weighted by Crippen LogP contribution is 2.17. The van der Waals surface area contributed by atoms with E-state index in [1.165, 1.54) is 29.2 Å². The number of ether oxygens (including phenoxy) is 1. The molecule has 2 aromatic carbocycles. The van der Waals surface area contributed by atoms with Gasteiger partial charge in [-0.05, 0) is 31.0 Å². The zero-order chi connectivity index (χ0) is 21.4. The number of hydrogen-bond donors (Lipinski definition) is 1. The van der Waals surface area contributed by atoms with Crippen molar-refractivity contribution < 1.29 is 23.1 Å². The van der Waals surface area contributed by atoms with Crippen molar-refractivity contribution in [3.05, 3.63) is 65.7 Å². The van der Waals surface area contributed by atoms with Crippen LogP contribution in [0.4, 0.5) is 8.78 Å². The molecule has 0 fully saturated rings. The summed E-state index contributed by atoms with van der Waals surface area (Å²) in [6.07, 6.45) is 0. The Morgan fingerprint density at radius 2 is 1.62 bits per heavy atom. The largest absolute Gasteiger partial charge is 0.481 e. The smallest absolute Gasteiger partial charge is 0.261 e. The number of rotatable bonds is 9. The van der Waals surface area contributed by atoms with Crippen molar-refractivity contribution in [3.63, 3.8) is 0 Å². The molecule has 2 aromatic rings. The van der Waals surface area contributed by atoms with Gasteiger partial charge < -0.3 is 15.0 Å². The molecule has 29 heavy (non-hydrogen) atoms. The summed E-state index contributed by atoms with van der Waals surface area (Å²) in [6, 6.07) is 10.9. The lowest BCUT2D eigenvalue weighted by Gasteiger charge is -2.29. The number of nitrogens with one attached hydrogen (secondary N) is 1. The number of halogens is 2. The Labute approximate surface area is 169 Å². The van der Waals surface area contributed by atoms with E-state index in [0.717, 1.165) is 0 Å². The van der Waals surface area contributed by atoms with Gasteiger partial charge >= 0.3 is 0 Å². The highest BCUT2D eigenvalue weighted by atomic mass is 19.1. The first kappa shape index (κ1) is 22.3. The Kier molecular flexibility index (Phi) is 8.12. The Hall–Kier alpha value is -2.96. The number of benzene rings is 2. The SMILES string of the molecule is CC(C)CNC(=O)[C@@H](C)N(Cc1ccccc1F)C(=O)COc1ccccc1F. The quantitative estimate of drug-likeness (QED) is 0.696. The number of amides is 2. The lowest BCUT2D eigenvalue weighted by atomic mass is 10.1. The molecule has 2 rings (SSSR count). The van der Waals surface area contributed by atoms with Gasteiger partial charge in [0.1, 0.15) is 11.9 Å². The Morgan fingerprint density at radius 3 is 2.24 bits per heavy atom. The molecule has 5 nitrogen and oxygen atoms in total. The van der Waals surface area contributed by atoms with Crippen LogP contribution in [0.3, 0.4) is 0 Å². The predicted octanol–water partition coefficient (Wildman–Crippen LogP) is 3.53. The molecule has 0 aromatic heterocycles. The maximum absolute atomic E-state index is 14.1. The summed E-state index contributed by atoms with van der Waals surface area (Å²) in [4.78, 5) is 26.5. The fourth-order valence-corrected chi connectivity index (χ4v) is 2.63. The van der Waals surface area contributed by atoms with Gasteiger partial charge in [-0.15, -0.1) is 0 Å². The first-order valence-electron chi connectivity index (χ1n) is 9.47. The van der Waals surface area contributed by atoms with Gasteiger partial charge in [-0.1, -0.05) is 44.2 Å². The average Bonchev–Trinajstić information content (AvgIpc) is 2.70. The Morgan fingerprint density at radius 1 is 1.00 bits per heavy atom. The summed E-state index contributed by atoms with van der Waals surface area (Å²) in [6.45, 7) is 5.35. The molecular weight excluding hydrogens is 378 g/mol. The number of carbonyl (C=O) groups excluding carboxylic acids is 2. The number of nitrogens with zero attached hydrogens (tertiary/aromatic N) is 1. The molecule has 0 saturated carbocycles. The van der Waals surface area contributed by atoms with Crippen LogP contribution in [0.1, 0.15) is 26.3 Å². The Bertz CT molecular complexity index is 842. The summed E-state index contributed by atoms with van der Waals surface area (Å²) < 4.78 is 33.1. The molecule has 0 saturated heterocycles. The highest BCUT2D eigenvalue weighted by molar-refractivity contribution is 5.87. The molecule has 0 aliphatic rings. The van der Waals surface area contributed by atoms with Gasteiger partial charge in [0.15, 0.2) is 18.2 Å². The second kappa shape index (κ2) is 10.5. The minimum Gasteiger partial charge on any atom is -0.481 e. The zero-order valence-corrected chi connectivity index (χ0v) is 16.8. The molecule has 0 bridgehead atoms. The van der Waals surface area contributed by atoms with E-state index in [1.54, 1.807) is 31.2 Å². The van der Waals surface area contributed by atoms with Crippen LogP contribution in [-0.2, 0) is 16.1 Å². The van der Waals surface area contributed by atoms with Crippen LogP contribution in [0.25, 0.3) is 0 Å². The molecule has 0 spiro atoms. The van der Waals surface area contributed by atoms with Gasteiger partial charge in [0, 0.05) is 18.7 Å². The van der Waals surface area contributed by atoms with Crippen LogP contribution < -0.4 is 10.1 Å². The summed E-state index contributed by atoms with van der Waals surface area (Å²) in [5, 5.41) is 2.77. The first-order valence-corrected chi connectivity index (χ1v) is 9.47. The maximum Gasteiger partial charge on any atom is 0.261 e. The van der Waals surface area contributed by atoms with Crippen LogP contribution in [0.2, 0.25) is 0 Å². The van der Waals surface area contributed by atoms with Crippen LogP contribution in [0, 0.1) is 17.6 Å². The van der Waals surface area contributed by atoms with Crippen molar-refractivity contribution in [2.24, 2.45) is 5.92 Å². The molecule has 0 radical (unpaired) electrons. The van der Waals surface area contributed by atoms with Crippen LogP contribution in [-0.4, -0.2) is 35.9 Å². The lowest BCUT2D eigenvalue weighted by Crippen LogP contribution is -2.49. The van der Waals surface area contributed by atoms with Gasteiger partial charge in [0.05, 0.1) is 0 Å². The molecule has 7 heteroatoms. The number of hydrogen-bond acceptors (Lipinski definition) is 3. The molecule has 0 aliphatic carbocycles. The van der Waals surface area contributed by atoms with E-state index in [1.807, 2.05) is 13.8 Å². The molecule has 156 valence electrons. The van der Waals surface area contributed by atoms with Gasteiger partial charge in [-0.25, -0.2) is 8.78 Å². The van der Waals surface area contributed by atoms with E-state index in [9.17, 15) is 18.4 Å². The molecule has 2 amide bonds. The number of carbonyl (C=O) groups is 2. The van der Waals surface area contributed by atoms with E-state index in [0.29, 0.717) is 6.54 Å². The Balaban J connectivity index is 2.16. The second-order valence-corrected chi connectivity index (χ2v) is 7.15. The summed E-state index contributed by atoms with van der Waals surface area (Å²) in [5.74, 6) is -1.80. The molecular formula is C22H26F2N2O3. The molecule has 0 aliphatic heterocycles. The predicted molar refractivity (Wildman–Crippen MR) is 106 cm³/mol. The van der Waals surface area contributed by atoms with E-state index in [2.05, 4.69) is 5.32 Å². The van der Waals surface area contributed by atoms with Crippen LogP contribution in [0.15, 0.2) is 48.5 Å². The second-order valence-electron chi connectivity index (χ2n) is 7.15. The van der Waals surface area contributed by atoms with Gasteiger partial charge in [0.25, 0.3) is 5.91 Å². The molecule has 1 atom stereocenters. The van der Waals surface area contributed by atoms with Gasteiger partial charge in [-0.3, -0.25) is 9.59 Å². The van der Waals surface area contributed by atoms with E-state index >= 15 is 0 Å². The van der Waals surface area contributed by atoms with Gasteiger partial charge in [-0.2, -0.15) is 0 Å². The van der Waals surface area contributed by atoms with Gasteiger partial charge in [0.2, 0.25) is 5.91 Å². The zero-order valence-electron chi connectivity index (χ0n) is 16.8. The van der Waals surface area contributed by atoms with E-state index in [4.69, 9.17) is 4.74 Å². The normalized spacial score (nSPS) is 11.8. The van der Waals surface area contributed by atoms with Crippen molar-refractivity contribution in [1.29, 1.82) is 0 Å². The van der Waals surface area contributed by atoms with Crippen LogP contribution >= 0.6 is 0 Å². The van der Waals surface area contributed by atoms with E-state index in [-0.39, 0.29) is 29.7 Å². The summed E-state index contributed by atoms with van der Waals surface area (Å²) in [7, 11) is 0. The third kappa shape index (κ3) is 6.55. The average molecular weight is 404 g/mol. The highest BCUT2D eigenvalue weighted by Gasteiger charge is 2.27. The molecule has 0 unspecified atom stereocenters. The van der Waals surface area contributed by atoms with Crippen LogP contribution in [0.5, 0.6) is 5.75 Å². The fraction of sp³-hybridized carbons (Fsp3) is 0.364. The minimum atomic E-state index is -0.856. The topological polar surface area (TPSA) is 58.6 Å². The number of para-hydroxylation sites is 1. The van der Waals surface area contributed by atoms with Crippen molar-refractivity contribution >= 4 is 11.8 Å². The first-order chi connectivity index (χ1) is 13.8. The van der Waals surface area contributed by atoms with Crippen molar-refractivity contribution in [2.45, 2.75) is 33.4 Å². The molecule has 0 heterocycles. The summed E-state index contributed by atoms with van der Waals surface area (Å²) >= 11 is 0.